The number of nitrogens with one attached hydrogen (secondary N) is 2. The second kappa shape index (κ2) is 6.53. The van der Waals surface area contributed by atoms with Gasteiger partial charge in [-0.3, -0.25) is 5.32 Å². The molecule has 118 valence electrons. The highest BCUT2D eigenvalue weighted by atomic mass is 32.1. The molecule has 2 aromatic carbocycles. The van der Waals surface area contributed by atoms with E-state index in [1.165, 1.54) is 11.3 Å². The third-order valence-corrected chi connectivity index (χ3v) is 4.10. The lowest BCUT2D eigenvalue weighted by atomic mass is 10.3. The first-order valence-corrected chi connectivity index (χ1v) is 7.67. The Hall–Kier alpha value is -2.80. The lowest BCUT2D eigenvalue weighted by Crippen LogP contribution is -2.19. The molecule has 0 aliphatic carbocycles. The minimum Gasteiger partial charge on any atom is -0.497 e. The molecule has 2 N–H and O–H groups in total. The number of anilines is 2. The third-order valence-electron chi connectivity index (χ3n) is 3.17. The van der Waals surface area contributed by atoms with Crippen LogP contribution in [0.25, 0.3) is 10.2 Å². The molecule has 0 fully saturated rings. The predicted octanol–water partition coefficient (Wildman–Crippen LogP) is 3.96. The SMILES string of the molecule is COc1ccc2nc(NC(=O)Nc3ccccc3OC)sc2c1. The number of carbonyl (C=O) groups excluding carboxylic acids is 1. The van der Waals surface area contributed by atoms with Crippen molar-refractivity contribution in [2.75, 3.05) is 24.9 Å². The van der Waals surface area contributed by atoms with Crippen LogP contribution in [0.2, 0.25) is 0 Å². The number of amides is 2. The van der Waals surface area contributed by atoms with E-state index in [0.29, 0.717) is 16.6 Å². The molecule has 0 unspecified atom stereocenters. The van der Waals surface area contributed by atoms with Crippen molar-refractivity contribution in [1.29, 1.82) is 0 Å². The van der Waals surface area contributed by atoms with Crippen LogP contribution in [-0.4, -0.2) is 25.2 Å². The monoisotopic (exact) mass is 329 g/mol. The van der Waals surface area contributed by atoms with Crippen molar-refractivity contribution in [3.05, 3.63) is 42.5 Å². The Kier molecular flexibility index (Phi) is 4.29. The van der Waals surface area contributed by atoms with Gasteiger partial charge in [-0.15, -0.1) is 0 Å². The number of hydrogen-bond acceptors (Lipinski definition) is 5. The van der Waals surface area contributed by atoms with Gasteiger partial charge in [0.2, 0.25) is 0 Å². The number of methoxy groups -OCH3 is 2. The van der Waals surface area contributed by atoms with E-state index in [0.717, 1.165) is 16.0 Å². The lowest BCUT2D eigenvalue weighted by Gasteiger charge is -2.09. The van der Waals surface area contributed by atoms with Gasteiger partial charge in [-0.25, -0.2) is 9.78 Å². The summed E-state index contributed by atoms with van der Waals surface area (Å²) >= 11 is 1.38. The molecule has 0 bridgehead atoms. The first-order chi connectivity index (χ1) is 11.2. The van der Waals surface area contributed by atoms with Crippen molar-refractivity contribution in [2.24, 2.45) is 0 Å². The molecule has 23 heavy (non-hydrogen) atoms. The van der Waals surface area contributed by atoms with Gasteiger partial charge in [0.1, 0.15) is 11.5 Å². The quantitative estimate of drug-likeness (QED) is 0.760. The van der Waals surface area contributed by atoms with E-state index in [9.17, 15) is 4.79 Å². The van der Waals surface area contributed by atoms with Crippen LogP contribution in [0.4, 0.5) is 15.6 Å². The summed E-state index contributed by atoms with van der Waals surface area (Å²) in [6.45, 7) is 0. The number of benzene rings is 2. The molecule has 0 aliphatic rings. The van der Waals surface area contributed by atoms with E-state index in [1.54, 1.807) is 26.4 Å². The highest BCUT2D eigenvalue weighted by molar-refractivity contribution is 7.22. The Bertz CT molecular complexity index is 847. The van der Waals surface area contributed by atoms with E-state index in [-0.39, 0.29) is 6.03 Å². The van der Waals surface area contributed by atoms with Crippen molar-refractivity contribution >= 4 is 38.4 Å². The summed E-state index contributed by atoms with van der Waals surface area (Å²) in [5, 5.41) is 5.99. The Morgan fingerprint density at radius 2 is 1.91 bits per heavy atom. The average Bonchev–Trinajstić information content (AvgIpc) is 2.96. The van der Waals surface area contributed by atoms with Crippen molar-refractivity contribution in [3.63, 3.8) is 0 Å². The highest BCUT2D eigenvalue weighted by Gasteiger charge is 2.10. The second-order valence-corrected chi connectivity index (χ2v) is 5.66. The second-order valence-electron chi connectivity index (χ2n) is 4.63. The van der Waals surface area contributed by atoms with Crippen LogP contribution >= 0.6 is 11.3 Å². The number of urea groups is 1. The fourth-order valence-corrected chi connectivity index (χ4v) is 2.97. The topological polar surface area (TPSA) is 72.5 Å². The Morgan fingerprint density at radius 3 is 2.70 bits per heavy atom. The van der Waals surface area contributed by atoms with Crippen molar-refractivity contribution in [1.82, 2.24) is 4.98 Å². The summed E-state index contributed by atoms with van der Waals surface area (Å²) in [4.78, 5) is 16.5. The molecule has 0 spiro atoms. The number of aromatic nitrogens is 1. The summed E-state index contributed by atoms with van der Waals surface area (Å²) in [6, 6.07) is 12.4. The Labute approximate surface area is 137 Å². The number of ether oxygens (including phenoxy) is 2. The summed E-state index contributed by atoms with van der Waals surface area (Å²) in [5.74, 6) is 1.35. The summed E-state index contributed by atoms with van der Waals surface area (Å²) < 4.78 is 11.3. The van der Waals surface area contributed by atoms with E-state index >= 15 is 0 Å². The van der Waals surface area contributed by atoms with E-state index in [1.807, 2.05) is 30.3 Å². The van der Waals surface area contributed by atoms with Crippen LogP contribution < -0.4 is 20.1 Å². The number of nitrogens with zero attached hydrogens (tertiary/aromatic N) is 1. The molecular formula is C16H15N3O3S. The molecule has 6 nitrogen and oxygen atoms in total. The van der Waals surface area contributed by atoms with Gasteiger partial charge in [-0.05, 0) is 30.3 Å². The Morgan fingerprint density at radius 1 is 1.09 bits per heavy atom. The normalized spacial score (nSPS) is 10.3. The van der Waals surface area contributed by atoms with Gasteiger partial charge < -0.3 is 14.8 Å². The summed E-state index contributed by atoms with van der Waals surface area (Å²) in [5.41, 5.74) is 1.40. The molecule has 3 aromatic rings. The minimum absolute atomic E-state index is 0.375. The van der Waals surface area contributed by atoms with Gasteiger partial charge in [0.25, 0.3) is 0 Å². The molecule has 0 saturated heterocycles. The van der Waals surface area contributed by atoms with E-state index in [2.05, 4.69) is 15.6 Å². The van der Waals surface area contributed by atoms with Gasteiger partial charge in [0.05, 0.1) is 30.1 Å². The average molecular weight is 329 g/mol. The number of fused-ring (bicyclic) bond motifs is 1. The first-order valence-electron chi connectivity index (χ1n) is 6.85. The van der Waals surface area contributed by atoms with Gasteiger partial charge in [0.15, 0.2) is 5.13 Å². The summed E-state index contributed by atoms with van der Waals surface area (Å²) in [7, 11) is 3.17. The maximum Gasteiger partial charge on any atom is 0.325 e. The standard InChI is InChI=1S/C16H15N3O3S/c1-21-10-7-8-12-14(9-10)23-16(18-12)19-15(20)17-11-5-3-4-6-13(11)22-2/h3-9H,1-2H3,(H2,17,18,19,20). The number of thiazole rings is 1. The van der Waals surface area contributed by atoms with Crippen LogP contribution in [-0.2, 0) is 0 Å². The molecule has 1 aromatic heterocycles. The predicted molar refractivity (Wildman–Crippen MR) is 91.8 cm³/mol. The zero-order valence-corrected chi connectivity index (χ0v) is 13.4. The molecule has 7 heteroatoms. The Balaban J connectivity index is 1.75. The van der Waals surface area contributed by atoms with Crippen LogP contribution in [0, 0.1) is 0 Å². The molecule has 0 aliphatic heterocycles. The molecule has 0 atom stereocenters. The van der Waals surface area contributed by atoms with E-state index in [4.69, 9.17) is 9.47 Å². The van der Waals surface area contributed by atoms with Crippen LogP contribution in [0.5, 0.6) is 11.5 Å². The fraction of sp³-hybridized carbons (Fsp3) is 0.125. The number of carbonyl (C=O) groups is 1. The van der Waals surface area contributed by atoms with Gasteiger partial charge in [-0.2, -0.15) is 0 Å². The van der Waals surface area contributed by atoms with Crippen molar-refractivity contribution in [2.45, 2.75) is 0 Å². The molecular weight excluding hydrogens is 314 g/mol. The summed E-state index contributed by atoms with van der Waals surface area (Å²) in [6.07, 6.45) is 0. The van der Waals surface area contributed by atoms with Crippen LogP contribution in [0.3, 0.4) is 0 Å². The molecule has 3 rings (SSSR count). The molecule has 2 amide bonds. The third kappa shape index (κ3) is 3.35. The van der Waals surface area contributed by atoms with E-state index < -0.39 is 0 Å². The number of para-hydroxylation sites is 2. The molecule has 1 heterocycles. The van der Waals surface area contributed by atoms with Gasteiger partial charge in [-0.1, -0.05) is 23.5 Å². The maximum absolute atomic E-state index is 12.1. The fourth-order valence-electron chi connectivity index (χ4n) is 2.08. The number of rotatable bonds is 4. The van der Waals surface area contributed by atoms with Crippen molar-refractivity contribution < 1.29 is 14.3 Å². The lowest BCUT2D eigenvalue weighted by molar-refractivity contribution is 0.262. The van der Waals surface area contributed by atoms with Crippen molar-refractivity contribution in [3.8, 4) is 11.5 Å². The molecule has 0 radical (unpaired) electrons. The zero-order chi connectivity index (χ0) is 16.2. The maximum atomic E-state index is 12.1. The van der Waals surface area contributed by atoms with Gasteiger partial charge >= 0.3 is 6.03 Å². The number of hydrogen-bond donors (Lipinski definition) is 2. The minimum atomic E-state index is -0.375. The van der Waals surface area contributed by atoms with Crippen LogP contribution in [0.1, 0.15) is 0 Å². The zero-order valence-electron chi connectivity index (χ0n) is 12.6. The largest absolute Gasteiger partial charge is 0.497 e. The first kappa shape index (κ1) is 15.1. The smallest absolute Gasteiger partial charge is 0.325 e. The van der Waals surface area contributed by atoms with Crippen LogP contribution in [0.15, 0.2) is 42.5 Å². The highest BCUT2D eigenvalue weighted by Crippen LogP contribution is 2.29. The van der Waals surface area contributed by atoms with Gasteiger partial charge in [0, 0.05) is 0 Å². The molecule has 0 saturated carbocycles.